The Morgan fingerprint density at radius 3 is 3.04 bits per heavy atom. The maximum Gasteiger partial charge on any atom is 0.150 e. The van der Waals surface area contributed by atoms with Crippen molar-refractivity contribution in [1.82, 2.24) is 24.6 Å². The Labute approximate surface area is 151 Å². The lowest BCUT2D eigenvalue weighted by Gasteiger charge is -2.31. The molecule has 1 atom stereocenters. The highest BCUT2D eigenvalue weighted by Gasteiger charge is 2.25. The number of nitrogens with zero attached hydrogens (tertiary/aromatic N) is 5. The van der Waals surface area contributed by atoms with Crippen molar-refractivity contribution in [3.8, 4) is 0 Å². The molecule has 0 N–H and O–H groups in total. The van der Waals surface area contributed by atoms with Gasteiger partial charge in [0.25, 0.3) is 0 Å². The van der Waals surface area contributed by atoms with Crippen LogP contribution in [0.5, 0.6) is 0 Å². The predicted molar refractivity (Wildman–Crippen MR) is 96.6 cm³/mol. The molecule has 3 aromatic rings. The van der Waals surface area contributed by atoms with Crippen molar-refractivity contribution in [1.29, 1.82) is 0 Å². The van der Waals surface area contributed by atoms with Crippen LogP contribution in [0.15, 0.2) is 33.9 Å². The van der Waals surface area contributed by atoms with Crippen molar-refractivity contribution < 1.29 is 4.52 Å². The van der Waals surface area contributed by atoms with Crippen LogP contribution in [-0.2, 0) is 19.5 Å². The fourth-order valence-electron chi connectivity index (χ4n) is 3.53. The first kappa shape index (κ1) is 16.5. The number of piperidine rings is 1. The zero-order valence-electron chi connectivity index (χ0n) is 14.5. The van der Waals surface area contributed by atoms with Gasteiger partial charge < -0.3 is 9.09 Å². The van der Waals surface area contributed by atoms with Gasteiger partial charge in [-0.3, -0.25) is 4.90 Å². The molecule has 1 saturated heterocycles. The van der Waals surface area contributed by atoms with Crippen LogP contribution in [0.2, 0.25) is 0 Å². The molecule has 0 aliphatic carbocycles. The fourth-order valence-corrected chi connectivity index (χ4v) is 4.08. The Balaban J connectivity index is 1.43. The Bertz CT molecular complexity index is 794. The summed E-state index contributed by atoms with van der Waals surface area (Å²) in [5, 5.41) is 6.20. The molecule has 1 fully saturated rings. The van der Waals surface area contributed by atoms with E-state index in [0.29, 0.717) is 5.92 Å². The van der Waals surface area contributed by atoms with Crippen molar-refractivity contribution in [2.45, 2.75) is 45.2 Å². The van der Waals surface area contributed by atoms with Crippen molar-refractivity contribution in [3.05, 3.63) is 52.3 Å². The predicted octanol–water partition coefficient (Wildman–Crippen LogP) is 3.32. The molecule has 1 unspecified atom stereocenters. The van der Waals surface area contributed by atoms with Crippen molar-refractivity contribution >= 4 is 11.3 Å². The summed E-state index contributed by atoms with van der Waals surface area (Å²) in [6.07, 6.45) is 7.26. The SMILES string of the molecule is CCc1cc(CN2CCCC(c3nccn3Cc3cscn3)C2)on1. The minimum absolute atomic E-state index is 0.455. The minimum Gasteiger partial charge on any atom is -0.360 e. The smallest absolute Gasteiger partial charge is 0.150 e. The van der Waals surface area contributed by atoms with Gasteiger partial charge in [-0.25, -0.2) is 9.97 Å². The van der Waals surface area contributed by atoms with E-state index in [-0.39, 0.29) is 0 Å². The normalized spacial score (nSPS) is 18.7. The lowest BCUT2D eigenvalue weighted by molar-refractivity contribution is 0.176. The van der Waals surface area contributed by atoms with Gasteiger partial charge in [-0.15, -0.1) is 11.3 Å². The van der Waals surface area contributed by atoms with Gasteiger partial charge in [-0.05, 0) is 25.8 Å². The van der Waals surface area contributed by atoms with Gasteiger partial charge >= 0.3 is 0 Å². The summed E-state index contributed by atoms with van der Waals surface area (Å²) in [4.78, 5) is 11.5. The molecule has 0 amide bonds. The van der Waals surface area contributed by atoms with Gasteiger partial charge in [0.1, 0.15) is 5.82 Å². The van der Waals surface area contributed by atoms with E-state index >= 15 is 0 Å². The lowest BCUT2D eigenvalue weighted by atomic mass is 9.97. The molecule has 0 saturated carbocycles. The Morgan fingerprint density at radius 2 is 2.24 bits per heavy atom. The zero-order chi connectivity index (χ0) is 17.1. The molecule has 132 valence electrons. The largest absolute Gasteiger partial charge is 0.360 e. The molecular weight excluding hydrogens is 334 g/mol. The second-order valence-electron chi connectivity index (χ2n) is 6.61. The van der Waals surface area contributed by atoms with Gasteiger partial charge in [0.05, 0.1) is 30.0 Å². The summed E-state index contributed by atoms with van der Waals surface area (Å²) in [6, 6.07) is 2.08. The Hall–Kier alpha value is -1.99. The lowest BCUT2D eigenvalue weighted by Crippen LogP contribution is -2.34. The summed E-state index contributed by atoms with van der Waals surface area (Å²) in [5.41, 5.74) is 4.02. The first-order valence-electron chi connectivity index (χ1n) is 8.86. The van der Waals surface area contributed by atoms with Crippen LogP contribution in [-0.4, -0.2) is 37.7 Å². The van der Waals surface area contributed by atoms with Gasteiger partial charge in [0.2, 0.25) is 0 Å². The number of aromatic nitrogens is 4. The van der Waals surface area contributed by atoms with E-state index in [1.807, 2.05) is 11.7 Å². The van der Waals surface area contributed by atoms with E-state index in [4.69, 9.17) is 4.52 Å². The number of imidazole rings is 1. The summed E-state index contributed by atoms with van der Waals surface area (Å²) in [7, 11) is 0. The van der Waals surface area contributed by atoms with Gasteiger partial charge in [0.15, 0.2) is 5.76 Å². The van der Waals surface area contributed by atoms with E-state index in [0.717, 1.165) is 49.7 Å². The van der Waals surface area contributed by atoms with Crippen molar-refractivity contribution in [3.63, 3.8) is 0 Å². The molecule has 6 nitrogen and oxygen atoms in total. The van der Waals surface area contributed by atoms with Crippen LogP contribution in [0.25, 0.3) is 0 Å². The third-order valence-corrected chi connectivity index (χ3v) is 5.42. The first-order chi connectivity index (χ1) is 12.3. The minimum atomic E-state index is 0.455. The van der Waals surface area contributed by atoms with E-state index in [1.165, 1.54) is 18.7 Å². The second kappa shape index (κ2) is 7.49. The summed E-state index contributed by atoms with van der Waals surface area (Å²) < 4.78 is 7.70. The molecule has 25 heavy (non-hydrogen) atoms. The number of hydrogen-bond acceptors (Lipinski definition) is 6. The highest BCUT2D eigenvalue weighted by molar-refractivity contribution is 7.07. The van der Waals surface area contributed by atoms with Crippen LogP contribution in [0.4, 0.5) is 0 Å². The van der Waals surface area contributed by atoms with E-state index < -0.39 is 0 Å². The molecular formula is C18H23N5OS. The highest BCUT2D eigenvalue weighted by atomic mass is 32.1. The second-order valence-corrected chi connectivity index (χ2v) is 7.32. The van der Waals surface area contributed by atoms with Crippen molar-refractivity contribution in [2.75, 3.05) is 13.1 Å². The fraction of sp³-hybridized carbons (Fsp3) is 0.500. The van der Waals surface area contributed by atoms with Crippen LogP contribution in [0.1, 0.15) is 48.7 Å². The average Bonchev–Trinajstić information content (AvgIpc) is 3.37. The number of hydrogen-bond donors (Lipinski definition) is 0. The summed E-state index contributed by atoms with van der Waals surface area (Å²) in [6.45, 7) is 5.84. The third-order valence-electron chi connectivity index (χ3n) is 4.78. The topological polar surface area (TPSA) is 60.0 Å². The third kappa shape index (κ3) is 3.82. The van der Waals surface area contributed by atoms with Gasteiger partial charge in [0, 0.05) is 36.3 Å². The van der Waals surface area contributed by atoms with E-state index in [9.17, 15) is 0 Å². The summed E-state index contributed by atoms with van der Waals surface area (Å²) in [5.74, 6) is 2.59. The maximum atomic E-state index is 5.46. The average molecular weight is 357 g/mol. The molecule has 7 heteroatoms. The molecule has 0 spiro atoms. The van der Waals surface area contributed by atoms with Gasteiger partial charge in [-0.1, -0.05) is 12.1 Å². The van der Waals surface area contributed by atoms with Gasteiger partial charge in [-0.2, -0.15) is 0 Å². The molecule has 0 radical (unpaired) electrons. The van der Waals surface area contributed by atoms with E-state index in [2.05, 4.69) is 49.2 Å². The maximum absolute atomic E-state index is 5.46. The van der Waals surface area contributed by atoms with Crippen molar-refractivity contribution in [2.24, 2.45) is 0 Å². The quantitative estimate of drug-likeness (QED) is 0.677. The number of likely N-dealkylation sites (tertiary alicyclic amines) is 1. The monoisotopic (exact) mass is 357 g/mol. The van der Waals surface area contributed by atoms with E-state index in [1.54, 1.807) is 11.3 Å². The molecule has 1 aliphatic rings. The number of rotatable bonds is 6. The Kier molecular flexibility index (Phi) is 4.94. The first-order valence-corrected chi connectivity index (χ1v) is 9.81. The highest BCUT2D eigenvalue weighted by Crippen LogP contribution is 2.27. The number of thiazole rings is 1. The molecule has 4 rings (SSSR count). The Morgan fingerprint density at radius 1 is 1.28 bits per heavy atom. The molecule has 3 aromatic heterocycles. The van der Waals surface area contributed by atoms with Crippen LogP contribution < -0.4 is 0 Å². The van der Waals surface area contributed by atoms with Crippen LogP contribution in [0, 0.1) is 0 Å². The molecule has 0 bridgehead atoms. The standard InChI is InChI=1S/C18H23N5OS/c1-2-15-8-17(24-21-15)11-22-6-3-4-14(9-22)18-19-5-7-23(18)10-16-12-25-13-20-16/h5,7-8,12-14H,2-4,6,9-11H2,1H3. The molecule has 4 heterocycles. The molecule has 1 aliphatic heterocycles. The molecule has 0 aromatic carbocycles. The van der Waals surface area contributed by atoms with Crippen LogP contribution in [0.3, 0.4) is 0 Å². The number of aryl methyl sites for hydroxylation is 1. The zero-order valence-corrected chi connectivity index (χ0v) is 15.3. The van der Waals surface area contributed by atoms with Crippen LogP contribution >= 0.6 is 11.3 Å². The summed E-state index contributed by atoms with van der Waals surface area (Å²) >= 11 is 1.64.